The van der Waals surface area contributed by atoms with Gasteiger partial charge in [0.25, 0.3) is 0 Å². The third-order valence-corrected chi connectivity index (χ3v) is 4.27. The second-order valence-corrected chi connectivity index (χ2v) is 5.49. The highest BCUT2D eigenvalue weighted by atomic mass is 35.5. The number of halogens is 1. The molecule has 1 N–H and O–H groups in total. The maximum Gasteiger partial charge on any atom is 0.0949 e. The standard InChI is InChI=1S/C15H18ClN3/c16-13-5-2-1-4-12(13)10-18-14-6-3-7-15(14)19-9-8-17-11-19/h1-2,4-5,8-9,11,14-15,18H,3,6-7,10H2. The van der Waals surface area contributed by atoms with Crippen LogP contribution in [0.3, 0.4) is 0 Å². The van der Waals surface area contributed by atoms with Crippen LogP contribution in [0.5, 0.6) is 0 Å². The summed E-state index contributed by atoms with van der Waals surface area (Å²) in [5, 5.41) is 4.48. The first-order valence-electron chi connectivity index (χ1n) is 6.79. The number of rotatable bonds is 4. The number of aromatic nitrogens is 2. The lowest BCUT2D eigenvalue weighted by Crippen LogP contribution is -2.33. The molecule has 3 nitrogen and oxygen atoms in total. The second-order valence-electron chi connectivity index (χ2n) is 5.09. The van der Waals surface area contributed by atoms with E-state index in [-0.39, 0.29) is 0 Å². The van der Waals surface area contributed by atoms with Crippen molar-refractivity contribution in [1.29, 1.82) is 0 Å². The zero-order valence-electron chi connectivity index (χ0n) is 10.8. The van der Waals surface area contributed by atoms with E-state index in [9.17, 15) is 0 Å². The van der Waals surface area contributed by atoms with Crippen LogP contribution in [0.4, 0.5) is 0 Å². The van der Waals surface area contributed by atoms with Crippen molar-refractivity contribution in [1.82, 2.24) is 14.9 Å². The Morgan fingerprint density at radius 3 is 3.00 bits per heavy atom. The Kier molecular flexibility index (Phi) is 3.85. The van der Waals surface area contributed by atoms with Crippen molar-refractivity contribution in [3.63, 3.8) is 0 Å². The number of nitrogens with one attached hydrogen (secondary N) is 1. The van der Waals surface area contributed by atoms with Crippen LogP contribution in [0.2, 0.25) is 5.02 Å². The first-order chi connectivity index (χ1) is 9.34. The van der Waals surface area contributed by atoms with E-state index < -0.39 is 0 Å². The normalized spacial score (nSPS) is 22.8. The molecule has 3 rings (SSSR count). The highest BCUT2D eigenvalue weighted by molar-refractivity contribution is 6.31. The van der Waals surface area contributed by atoms with E-state index in [1.807, 2.05) is 30.7 Å². The molecule has 2 aromatic rings. The molecule has 1 aromatic carbocycles. The molecule has 100 valence electrons. The Hall–Kier alpha value is -1.32. The van der Waals surface area contributed by atoms with E-state index in [1.54, 1.807) is 0 Å². The zero-order chi connectivity index (χ0) is 13.1. The molecule has 0 spiro atoms. The monoisotopic (exact) mass is 275 g/mol. The van der Waals surface area contributed by atoms with E-state index in [2.05, 4.69) is 27.1 Å². The fourth-order valence-electron chi connectivity index (χ4n) is 2.88. The van der Waals surface area contributed by atoms with Gasteiger partial charge in [-0.15, -0.1) is 0 Å². The highest BCUT2D eigenvalue weighted by Crippen LogP contribution is 2.30. The van der Waals surface area contributed by atoms with E-state index in [1.165, 1.54) is 24.8 Å². The topological polar surface area (TPSA) is 29.9 Å². The molecule has 2 unspecified atom stereocenters. The lowest BCUT2D eigenvalue weighted by molar-refractivity contribution is 0.390. The van der Waals surface area contributed by atoms with Crippen molar-refractivity contribution in [2.24, 2.45) is 0 Å². The summed E-state index contributed by atoms with van der Waals surface area (Å²) in [4.78, 5) is 4.15. The summed E-state index contributed by atoms with van der Waals surface area (Å²) in [5.74, 6) is 0. The summed E-state index contributed by atoms with van der Waals surface area (Å²) in [5.41, 5.74) is 1.17. The molecule has 19 heavy (non-hydrogen) atoms. The fourth-order valence-corrected chi connectivity index (χ4v) is 3.09. The molecular weight excluding hydrogens is 258 g/mol. The highest BCUT2D eigenvalue weighted by Gasteiger charge is 2.27. The molecule has 0 radical (unpaired) electrons. The number of benzene rings is 1. The minimum absolute atomic E-state index is 0.505. The summed E-state index contributed by atoms with van der Waals surface area (Å²) in [6.07, 6.45) is 9.52. The van der Waals surface area contributed by atoms with Crippen LogP contribution in [-0.4, -0.2) is 15.6 Å². The van der Waals surface area contributed by atoms with Gasteiger partial charge in [0, 0.05) is 36.0 Å². The summed E-state index contributed by atoms with van der Waals surface area (Å²) in [6, 6.07) is 9.05. The lowest BCUT2D eigenvalue weighted by atomic mass is 10.1. The van der Waals surface area contributed by atoms with Gasteiger partial charge >= 0.3 is 0 Å². The summed E-state index contributed by atoms with van der Waals surface area (Å²) < 4.78 is 2.22. The van der Waals surface area contributed by atoms with Gasteiger partial charge in [0.2, 0.25) is 0 Å². The minimum atomic E-state index is 0.505. The van der Waals surface area contributed by atoms with Gasteiger partial charge in [-0.2, -0.15) is 0 Å². The molecular formula is C15H18ClN3. The van der Waals surface area contributed by atoms with Gasteiger partial charge in [0.1, 0.15) is 0 Å². The Morgan fingerprint density at radius 2 is 2.21 bits per heavy atom. The average molecular weight is 276 g/mol. The van der Waals surface area contributed by atoms with Crippen molar-refractivity contribution in [2.45, 2.75) is 37.9 Å². The Labute approximate surface area is 118 Å². The van der Waals surface area contributed by atoms with Gasteiger partial charge in [-0.25, -0.2) is 4.98 Å². The lowest BCUT2D eigenvalue weighted by Gasteiger charge is -2.22. The average Bonchev–Trinajstić information content (AvgIpc) is 3.08. The van der Waals surface area contributed by atoms with Gasteiger partial charge in [-0.1, -0.05) is 29.8 Å². The summed E-state index contributed by atoms with van der Waals surface area (Å²) in [6.45, 7) is 0.829. The predicted molar refractivity (Wildman–Crippen MR) is 77.2 cm³/mol. The maximum atomic E-state index is 6.19. The van der Waals surface area contributed by atoms with Crippen LogP contribution >= 0.6 is 11.6 Å². The number of hydrogen-bond acceptors (Lipinski definition) is 2. The molecule has 0 aliphatic heterocycles. The van der Waals surface area contributed by atoms with Crippen LogP contribution in [0, 0.1) is 0 Å². The molecule has 2 atom stereocenters. The van der Waals surface area contributed by atoms with Gasteiger partial charge in [0.15, 0.2) is 0 Å². The van der Waals surface area contributed by atoms with Crippen LogP contribution in [0.1, 0.15) is 30.9 Å². The van der Waals surface area contributed by atoms with E-state index in [0.717, 1.165) is 11.6 Å². The van der Waals surface area contributed by atoms with Crippen molar-refractivity contribution in [2.75, 3.05) is 0 Å². The van der Waals surface area contributed by atoms with Crippen molar-refractivity contribution >= 4 is 11.6 Å². The van der Waals surface area contributed by atoms with Gasteiger partial charge in [-0.05, 0) is 30.9 Å². The Morgan fingerprint density at radius 1 is 1.32 bits per heavy atom. The molecule has 4 heteroatoms. The van der Waals surface area contributed by atoms with Crippen LogP contribution in [-0.2, 0) is 6.54 Å². The SMILES string of the molecule is Clc1ccccc1CNC1CCCC1n1ccnc1. The van der Waals surface area contributed by atoms with E-state index in [4.69, 9.17) is 11.6 Å². The smallest absolute Gasteiger partial charge is 0.0949 e. The van der Waals surface area contributed by atoms with Crippen LogP contribution in [0.25, 0.3) is 0 Å². The van der Waals surface area contributed by atoms with Crippen molar-refractivity contribution in [3.05, 3.63) is 53.6 Å². The van der Waals surface area contributed by atoms with Crippen LogP contribution in [0.15, 0.2) is 43.0 Å². The first-order valence-corrected chi connectivity index (χ1v) is 7.16. The van der Waals surface area contributed by atoms with Crippen molar-refractivity contribution in [3.8, 4) is 0 Å². The zero-order valence-corrected chi connectivity index (χ0v) is 11.6. The number of hydrogen-bond donors (Lipinski definition) is 1. The molecule has 1 aromatic heterocycles. The minimum Gasteiger partial charge on any atom is -0.333 e. The third-order valence-electron chi connectivity index (χ3n) is 3.90. The van der Waals surface area contributed by atoms with Gasteiger partial charge in [-0.3, -0.25) is 0 Å². The predicted octanol–water partition coefficient (Wildman–Crippen LogP) is 3.42. The Balaban J connectivity index is 1.65. The molecule has 0 saturated heterocycles. The number of nitrogens with zero attached hydrogens (tertiary/aromatic N) is 2. The van der Waals surface area contributed by atoms with Gasteiger partial charge < -0.3 is 9.88 Å². The summed E-state index contributed by atoms with van der Waals surface area (Å²) in [7, 11) is 0. The molecule has 1 heterocycles. The molecule has 1 saturated carbocycles. The van der Waals surface area contributed by atoms with E-state index >= 15 is 0 Å². The molecule has 1 aliphatic carbocycles. The molecule has 0 amide bonds. The third kappa shape index (κ3) is 2.82. The summed E-state index contributed by atoms with van der Waals surface area (Å²) >= 11 is 6.19. The second kappa shape index (κ2) is 5.76. The maximum absolute atomic E-state index is 6.19. The first kappa shape index (κ1) is 12.7. The quantitative estimate of drug-likeness (QED) is 0.927. The number of imidazole rings is 1. The van der Waals surface area contributed by atoms with Crippen molar-refractivity contribution < 1.29 is 0 Å². The Bertz CT molecular complexity index is 524. The molecule has 1 aliphatic rings. The molecule has 1 fully saturated rings. The largest absolute Gasteiger partial charge is 0.333 e. The molecule has 0 bridgehead atoms. The fraction of sp³-hybridized carbons (Fsp3) is 0.400. The van der Waals surface area contributed by atoms with E-state index in [0.29, 0.717) is 12.1 Å². The van der Waals surface area contributed by atoms with Gasteiger partial charge in [0.05, 0.1) is 6.33 Å². The van der Waals surface area contributed by atoms with Crippen LogP contribution < -0.4 is 5.32 Å².